The van der Waals surface area contributed by atoms with Crippen molar-refractivity contribution in [3.8, 4) is 0 Å². The minimum atomic E-state index is 0.841. The Labute approximate surface area is 110 Å². The highest BCUT2D eigenvalue weighted by Crippen LogP contribution is 2.20. The maximum Gasteiger partial charge on any atom is 0.412 e. The molecule has 2 aromatic carbocycles. The lowest BCUT2D eigenvalue weighted by Gasteiger charge is -1.96. The van der Waals surface area contributed by atoms with Gasteiger partial charge in [0.15, 0.2) is 6.54 Å². The van der Waals surface area contributed by atoms with E-state index in [0.29, 0.717) is 0 Å². The van der Waals surface area contributed by atoms with Crippen LogP contribution in [0.15, 0.2) is 64.2 Å². The first kappa shape index (κ1) is 11.4. The van der Waals surface area contributed by atoms with Gasteiger partial charge in [-0.2, -0.15) is 0 Å². The Morgan fingerprint density at radius 3 is 2.50 bits per heavy atom. The van der Waals surface area contributed by atoms with Crippen LogP contribution >= 0.6 is 11.8 Å². The molecule has 90 valence electrons. The van der Waals surface area contributed by atoms with Gasteiger partial charge in [-0.3, -0.25) is 0 Å². The molecule has 2 nitrogen and oxygen atoms in total. The van der Waals surface area contributed by atoms with Crippen LogP contribution in [0.4, 0.5) is 0 Å². The van der Waals surface area contributed by atoms with Gasteiger partial charge in [-0.15, -0.1) is 4.57 Å². The summed E-state index contributed by atoms with van der Waals surface area (Å²) in [5.41, 5.74) is 3.37. The number of thioether (sulfide) groups is 1. The van der Waals surface area contributed by atoms with E-state index in [0.717, 1.165) is 22.9 Å². The van der Waals surface area contributed by atoms with E-state index in [1.807, 2.05) is 30.5 Å². The van der Waals surface area contributed by atoms with Crippen molar-refractivity contribution in [3.63, 3.8) is 0 Å². The third-order valence-corrected chi connectivity index (χ3v) is 3.58. The highest BCUT2D eigenvalue weighted by molar-refractivity contribution is 7.98. The molecule has 0 aliphatic carbocycles. The van der Waals surface area contributed by atoms with Crippen LogP contribution in [0.3, 0.4) is 0 Å². The van der Waals surface area contributed by atoms with Crippen molar-refractivity contribution < 1.29 is 8.98 Å². The molecule has 0 radical (unpaired) electrons. The van der Waals surface area contributed by atoms with Gasteiger partial charge >= 0.3 is 5.22 Å². The molecule has 0 saturated carbocycles. The standard InChI is InChI=1S/C15H14NOS/c1-18-15-16(11-12-7-3-2-4-8-12)13-9-5-6-10-14(13)17-15/h2-10H,11H2,1H3/q+1. The molecule has 0 bridgehead atoms. The minimum absolute atomic E-state index is 0.841. The molecule has 0 N–H and O–H groups in total. The van der Waals surface area contributed by atoms with Crippen LogP contribution < -0.4 is 4.57 Å². The van der Waals surface area contributed by atoms with E-state index >= 15 is 0 Å². The highest BCUT2D eigenvalue weighted by atomic mass is 32.2. The van der Waals surface area contributed by atoms with Crippen molar-refractivity contribution >= 4 is 22.9 Å². The molecule has 0 atom stereocenters. The SMILES string of the molecule is CSc1oc2ccccc2[n+]1Cc1ccccc1. The summed E-state index contributed by atoms with van der Waals surface area (Å²) in [5.74, 6) is 0. The van der Waals surface area contributed by atoms with E-state index in [2.05, 4.69) is 34.9 Å². The number of rotatable bonds is 3. The van der Waals surface area contributed by atoms with Crippen LogP contribution in [0.2, 0.25) is 0 Å². The number of hydrogen-bond acceptors (Lipinski definition) is 2. The Balaban J connectivity index is 2.10. The summed E-state index contributed by atoms with van der Waals surface area (Å²) in [7, 11) is 0. The van der Waals surface area contributed by atoms with Crippen molar-refractivity contribution in [1.29, 1.82) is 0 Å². The molecule has 3 aromatic rings. The van der Waals surface area contributed by atoms with Gasteiger partial charge in [0.2, 0.25) is 5.58 Å². The fourth-order valence-corrected chi connectivity index (χ4v) is 2.64. The van der Waals surface area contributed by atoms with Crippen LogP contribution in [0, 0.1) is 0 Å². The van der Waals surface area contributed by atoms with Crippen LogP contribution in [0.1, 0.15) is 5.56 Å². The van der Waals surface area contributed by atoms with Crippen LogP contribution in [0.25, 0.3) is 11.1 Å². The van der Waals surface area contributed by atoms with E-state index in [1.54, 1.807) is 11.8 Å². The summed E-state index contributed by atoms with van der Waals surface area (Å²) in [6, 6.07) is 18.6. The van der Waals surface area contributed by atoms with Crippen LogP contribution in [-0.4, -0.2) is 6.26 Å². The van der Waals surface area contributed by atoms with Gasteiger partial charge in [-0.1, -0.05) is 42.5 Å². The Hall–Kier alpha value is -1.74. The van der Waals surface area contributed by atoms with Crippen LogP contribution in [0.5, 0.6) is 0 Å². The average Bonchev–Trinajstić information content (AvgIpc) is 2.78. The maximum absolute atomic E-state index is 5.85. The Kier molecular flexibility index (Phi) is 3.07. The summed E-state index contributed by atoms with van der Waals surface area (Å²) >= 11 is 1.64. The summed E-state index contributed by atoms with van der Waals surface area (Å²) < 4.78 is 8.06. The van der Waals surface area contributed by atoms with E-state index in [1.165, 1.54) is 5.56 Å². The van der Waals surface area contributed by atoms with E-state index < -0.39 is 0 Å². The number of hydrogen-bond donors (Lipinski definition) is 0. The number of para-hydroxylation sites is 2. The van der Waals surface area contributed by atoms with Crippen molar-refractivity contribution in [1.82, 2.24) is 0 Å². The molecular weight excluding hydrogens is 242 g/mol. The highest BCUT2D eigenvalue weighted by Gasteiger charge is 2.21. The third kappa shape index (κ3) is 2.02. The van der Waals surface area contributed by atoms with Gasteiger partial charge in [0.05, 0.1) is 0 Å². The van der Waals surface area contributed by atoms with E-state index in [-0.39, 0.29) is 0 Å². The summed E-state index contributed by atoms with van der Waals surface area (Å²) in [6.45, 7) is 0.841. The number of oxazole rings is 1. The zero-order valence-electron chi connectivity index (χ0n) is 10.2. The quantitative estimate of drug-likeness (QED) is 0.527. The van der Waals surface area contributed by atoms with Crippen molar-refractivity contribution in [2.75, 3.05) is 6.26 Å². The molecule has 0 unspecified atom stereocenters. The zero-order chi connectivity index (χ0) is 12.4. The van der Waals surface area contributed by atoms with Crippen molar-refractivity contribution in [2.24, 2.45) is 0 Å². The predicted molar refractivity (Wildman–Crippen MR) is 73.7 cm³/mol. The smallest absolute Gasteiger partial charge is 0.393 e. The molecule has 0 aliphatic rings. The predicted octanol–water partition coefficient (Wildman–Crippen LogP) is 3.49. The molecule has 0 saturated heterocycles. The van der Waals surface area contributed by atoms with Gasteiger partial charge in [0.1, 0.15) is 0 Å². The Bertz CT molecular complexity index is 661. The first-order valence-corrected chi connectivity index (χ1v) is 7.10. The topological polar surface area (TPSA) is 17.0 Å². The molecule has 3 heteroatoms. The average molecular weight is 256 g/mol. The maximum atomic E-state index is 5.85. The van der Waals surface area contributed by atoms with Gasteiger partial charge in [0.25, 0.3) is 5.52 Å². The largest absolute Gasteiger partial charge is 0.412 e. The number of benzene rings is 2. The van der Waals surface area contributed by atoms with Gasteiger partial charge in [-0.05, 0) is 24.1 Å². The number of aromatic nitrogens is 1. The van der Waals surface area contributed by atoms with Gasteiger partial charge in [0, 0.05) is 11.6 Å². The van der Waals surface area contributed by atoms with E-state index in [9.17, 15) is 0 Å². The van der Waals surface area contributed by atoms with E-state index in [4.69, 9.17) is 4.42 Å². The fraction of sp³-hybridized carbons (Fsp3) is 0.133. The third-order valence-electron chi connectivity index (χ3n) is 2.93. The molecule has 1 heterocycles. The first-order valence-electron chi connectivity index (χ1n) is 5.88. The zero-order valence-corrected chi connectivity index (χ0v) is 11.0. The van der Waals surface area contributed by atoms with Crippen LogP contribution in [-0.2, 0) is 6.54 Å². The second kappa shape index (κ2) is 4.86. The first-order chi connectivity index (χ1) is 8.88. The van der Waals surface area contributed by atoms with Crippen molar-refractivity contribution in [2.45, 2.75) is 11.8 Å². The molecule has 1 aromatic heterocycles. The summed E-state index contributed by atoms with van der Waals surface area (Å²) in [4.78, 5) is 0. The Morgan fingerprint density at radius 2 is 1.72 bits per heavy atom. The van der Waals surface area contributed by atoms with Gasteiger partial charge in [-0.25, -0.2) is 0 Å². The summed E-state index contributed by atoms with van der Waals surface area (Å²) in [5, 5.41) is 0.944. The second-order valence-corrected chi connectivity index (χ2v) is 4.87. The molecule has 0 fully saturated rings. The molecule has 3 rings (SSSR count). The number of nitrogens with zero attached hydrogens (tertiary/aromatic N) is 1. The Morgan fingerprint density at radius 1 is 1.00 bits per heavy atom. The monoisotopic (exact) mass is 256 g/mol. The normalized spacial score (nSPS) is 10.9. The van der Waals surface area contributed by atoms with Gasteiger partial charge < -0.3 is 4.42 Å². The molecule has 0 amide bonds. The molecule has 0 spiro atoms. The fourth-order valence-electron chi connectivity index (χ4n) is 2.08. The lowest BCUT2D eigenvalue weighted by Crippen LogP contribution is -2.34. The molecule has 18 heavy (non-hydrogen) atoms. The molecule has 0 aliphatic heterocycles. The van der Waals surface area contributed by atoms with Crippen molar-refractivity contribution in [3.05, 3.63) is 60.2 Å². The molecular formula is C15H14NOS+. The number of fused-ring (bicyclic) bond motifs is 1. The lowest BCUT2D eigenvalue weighted by molar-refractivity contribution is -0.708. The second-order valence-electron chi connectivity index (χ2n) is 4.11. The summed E-state index contributed by atoms with van der Waals surface area (Å²) in [6.07, 6.45) is 2.04. The minimum Gasteiger partial charge on any atom is -0.393 e. The lowest BCUT2D eigenvalue weighted by atomic mass is 10.2.